The maximum absolute atomic E-state index is 11.5. The number of nitriles is 1. The summed E-state index contributed by atoms with van der Waals surface area (Å²) in [4.78, 5) is 21.4. The van der Waals surface area contributed by atoms with Gasteiger partial charge in [-0.05, 0) is 6.07 Å². The lowest BCUT2D eigenvalue weighted by Crippen LogP contribution is -2.23. The second-order valence-electron chi connectivity index (χ2n) is 2.89. The van der Waals surface area contributed by atoms with E-state index >= 15 is 0 Å². The molecule has 0 fully saturated rings. The summed E-state index contributed by atoms with van der Waals surface area (Å²) >= 11 is 11.3. The summed E-state index contributed by atoms with van der Waals surface area (Å²) in [5, 5.41) is 20.8. The first-order valence-corrected chi connectivity index (χ1v) is 5.01. The Balaban J connectivity index is 3.15. The Morgan fingerprint density at radius 1 is 1.53 bits per heavy atom. The minimum absolute atomic E-state index is 0.0265. The Hall–Kier alpha value is -1.84. The lowest BCUT2D eigenvalue weighted by Gasteiger charge is -2.03. The van der Waals surface area contributed by atoms with Crippen LogP contribution < -0.4 is 5.32 Å². The number of rotatable bonds is 3. The predicted octanol–water partition coefficient (Wildman–Crippen LogP) is 2.15. The van der Waals surface area contributed by atoms with E-state index in [1.807, 2.05) is 0 Å². The fourth-order valence-corrected chi connectivity index (χ4v) is 1.45. The van der Waals surface area contributed by atoms with Gasteiger partial charge in [0.1, 0.15) is 11.6 Å². The molecule has 0 aliphatic heterocycles. The topological polar surface area (TPSA) is 96.0 Å². The Bertz CT molecular complexity index is 525. The van der Waals surface area contributed by atoms with Crippen molar-refractivity contribution in [2.45, 2.75) is 0 Å². The maximum atomic E-state index is 11.5. The number of carbonyl (C=O) groups excluding carboxylic acids is 1. The van der Waals surface area contributed by atoms with E-state index in [9.17, 15) is 14.9 Å². The number of nitrogens with one attached hydrogen (secondary N) is 1. The van der Waals surface area contributed by atoms with E-state index in [2.05, 4.69) is 5.32 Å². The lowest BCUT2D eigenvalue weighted by molar-refractivity contribution is -0.384. The van der Waals surface area contributed by atoms with Gasteiger partial charge in [-0.25, -0.2) is 0 Å². The van der Waals surface area contributed by atoms with E-state index in [0.717, 1.165) is 6.07 Å². The summed E-state index contributed by atoms with van der Waals surface area (Å²) in [6.07, 6.45) is 0. The van der Waals surface area contributed by atoms with Crippen LogP contribution in [0.5, 0.6) is 0 Å². The highest BCUT2D eigenvalue weighted by Crippen LogP contribution is 2.32. The second-order valence-corrected chi connectivity index (χ2v) is 3.67. The summed E-state index contributed by atoms with van der Waals surface area (Å²) in [5.41, 5.74) is -0.484. The molecule has 1 aromatic rings. The van der Waals surface area contributed by atoms with Gasteiger partial charge < -0.3 is 5.32 Å². The molecule has 8 heteroatoms. The first-order chi connectivity index (χ1) is 7.97. The molecule has 6 nitrogen and oxygen atoms in total. The van der Waals surface area contributed by atoms with Crippen LogP contribution in [0.15, 0.2) is 12.1 Å². The van der Waals surface area contributed by atoms with E-state index in [1.165, 1.54) is 6.07 Å². The van der Waals surface area contributed by atoms with Gasteiger partial charge in [0, 0.05) is 11.6 Å². The standard InChI is InChI=1S/C9H5Cl2N3O3/c10-6-3-5(9(15)13-2-1-12)4-7(8(6)11)14(16)17/h3-4H,2H2,(H,13,15). The van der Waals surface area contributed by atoms with Crippen molar-refractivity contribution >= 4 is 34.8 Å². The summed E-state index contributed by atoms with van der Waals surface area (Å²) in [5.74, 6) is -0.631. The zero-order valence-corrected chi connectivity index (χ0v) is 9.75. The number of amides is 1. The third kappa shape index (κ3) is 3.06. The first-order valence-electron chi connectivity index (χ1n) is 4.26. The fraction of sp³-hybridized carbons (Fsp3) is 0.111. The van der Waals surface area contributed by atoms with Gasteiger partial charge >= 0.3 is 0 Å². The number of nitro groups is 1. The average Bonchev–Trinajstić information content (AvgIpc) is 2.28. The number of benzene rings is 1. The monoisotopic (exact) mass is 273 g/mol. The van der Waals surface area contributed by atoms with Crippen LogP contribution in [0.25, 0.3) is 0 Å². The van der Waals surface area contributed by atoms with Crippen molar-refractivity contribution in [1.82, 2.24) is 5.32 Å². The molecule has 88 valence electrons. The zero-order chi connectivity index (χ0) is 13.0. The third-order valence-electron chi connectivity index (χ3n) is 1.80. The zero-order valence-electron chi connectivity index (χ0n) is 8.24. The largest absolute Gasteiger partial charge is 0.339 e. The van der Waals surface area contributed by atoms with Crippen molar-refractivity contribution in [3.63, 3.8) is 0 Å². The van der Waals surface area contributed by atoms with E-state index in [4.69, 9.17) is 28.5 Å². The van der Waals surface area contributed by atoms with Crippen LogP contribution in [-0.2, 0) is 0 Å². The fourth-order valence-electron chi connectivity index (χ4n) is 1.06. The molecular formula is C9H5Cl2N3O3. The predicted molar refractivity (Wildman–Crippen MR) is 61.1 cm³/mol. The molecule has 0 unspecified atom stereocenters. The molecule has 0 atom stereocenters. The molecule has 0 radical (unpaired) electrons. The quantitative estimate of drug-likeness (QED) is 0.518. The number of carbonyl (C=O) groups is 1. The van der Waals surface area contributed by atoms with Gasteiger partial charge in [-0.1, -0.05) is 23.2 Å². The summed E-state index contributed by atoms with van der Waals surface area (Å²) in [6, 6.07) is 3.91. The average molecular weight is 274 g/mol. The van der Waals surface area contributed by atoms with Gasteiger partial charge in [-0.3, -0.25) is 14.9 Å². The number of hydrogen-bond donors (Lipinski definition) is 1. The third-order valence-corrected chi connectivity index (χ3v) is 2.59. The molecule has 0 aliphatic carbocycles. The normalized spacial score (nSPS) is 9.47. The highest BCUT2D eigenvalue weighted by molar-refractivity contribution is 6.43. The molecule has 0 bridgehead atoms. The van der Waals surface area contributed by atoms with Crippen LogP contribution in [0.3, 0.4) is 0 Å². The first kappa shape index (κ1) is 13.2. The van der Waals surface area contributed by atoms with E-state index in [1.54, 1.807) is 6.07 Å². The Kier molecular flexibility index (Phi) is 4.26. The van der Waals surface area contributed by atoms with Gasteiger partial charge in [-0.2, -0.15) is 5.26 Å². The molecule has 1 N–H and O–H groups in total. The molecule has 0 aliphatic rings. The molecule has 0 saturated heterocycles. The van der Waals surface area contributed by atoms with Crippen LogP contribution in [0.1, 0.15) is 10.4 Å². The van der Waals surface area contributed by atoms with Crippen LogP contribution >= 0.6 is 23.2 Å². The molecule has 0 spiro atoms. The lowest BCUT2D eigenvalue weighted by atomic mass is 10.2. The van der Waals surface area contributed by atoms with Gasteiger partial charge in [0.15, 0.2) is 0 Å². The number of halogens is 2. The molecule has 0 heterocycles. The second kappa shape index (κ2) is 5.48. The number of nitro benzene ring substituents is 1. The van der Waals surface area contributed by atoms with Crippen molar-refractivity contribution in [3.05, 3.63) is 37.9 Å². The minimum atomic E-state index is -0.741. The van der Waals surface area contributed by atoms with Crippen LogP contribution in [0.2, 0.25) is 10.0 Å². The van der Waals surface area contributed by atoms with Crippen molar-refractivity contribution in [2.24, 2.45) is 0 Å². The van der Waals surface area contributed by atoms with Crippen LogP contribution in [0.4, 0.5) is 5.69 Å². The highest BCUT2D eigenvalue weighted by atomic mass is 35.5. The van der Waals surface area contributed by atoms with Gasteiger partial charge in [0.05, 0.1) is 16.0 Å². The van der Waals surface area contributed by atoms with Crippen LogP contribution in [0, 0.1) is 21.4 Å². The SMILES string of the molecule is N#CCNC(=O)c1cc(Cl)c(Cl)c([N+](=O)[O-])c1. The molecule has 1 aromatic carbocycles. The Morgan fingerprint density at radius 2 is 2.18 bits per heavy atom. The van der Waals surface area contributed by atoms with E-state index < -0.39 is 16.5 Å². The minimum Gasteiger partial charge on any atom is -0.339 e. The van der Waals surface area contributed by atoms with Crippen LogP contribution in [-0.4, -0.2) is 17.4 Å². The van der Waals surface area contributed by atoms with Gasteiger partial charge in [0.2, 0.25) is 0 Å². The van der Waals surface area contributed by atoms with Crippen molar-refractivity contribution < 1.29 is 9.72 Å². The van der Waals surface area contributed by atoms with Crippen molar-refractivity contribution in [1.29, 1.82) is 5.26 Å². The van der Waals surface area contributed by atoms with E-state index in [-0.39, 0.29) is 22.2 Å². The maximum Gasteiger partial charge on any atom is 0.290 e. The molecule has 17 heavy (non-hydrogen) atoms. The van der Waals surface area contributed by atoms with E-state index in [0.29, 0.717) is 0 Å². The molecule has 1 rings (SSSR count). The molecule has 1 amide bonds. The smallest absolute Gasteiger partial charge is 0.290 e. The number of hydrogen-bond acceptors (Lipinski definition) is 4. The molecule has 0 aromatic heterocycles. The van der Waals surface area contributed by atoms with Gasteiger partial charge in [0.25, 0.3) is 11.6 Å². The molecular weight excluding hydrogens is 269 g/mol. The molecule has 0 saturated carbocycles. The number of nitrogens with zero attached hydrogens (tertiary/aromatic N) is 2. The summed E-state index contributed by atoms with van der Waals surface area (Å²) < 4.78 is 0. The van der Waals surface area contributed by atoms with Crippen molar-refractivity contribution in [2.75, 3.05) is 6.54 Å². The summed E-state index contributed by atoms with van der Waals surface area (Å²) in [6.45, 7) is -0.202. The Labute approximate surface area is 106 Å². The highest BCUT2D eigenvalue weighted by Gasteiger charge is 2.19. The van der Waals surface area contributed by atoms with Crippen molar-refractivity contribution in [3.8, 4) is 6.07 Å². The van der Waals surface area contributed by atoms with Gasteiger partial charge in [-0.15, -0.1) is 0 Å². The summed E-state index contributed by atoms with van der Waals surface area (Å²) in [7, 11) is 0. The Morgan fingerprint density at radius 3 is 2.71 bits per heavy atom.